The average Bonchev–Trinajstić information content (AvgIpc) is 3.42. The van der Waals surface area contributed by atoms with E-state index in [0.29, 0.717) is 11.4 Å². The van der Waals surface area contributed by atoms with Crippen molar-refractivity contribution in [1.82, 2.24) is 4.90 Å². The number of halogens is 1. The number of Topliss-reactive ketones (excluding diaryl/α,β-unsaturated/α-hetero) is 1. The van der Waals surface area contributed by atoms with Gasteiger partial charge in [-0.2, -0.15) is 0 Å². The van der Waals surface area contributed by atoms with Gasteiger partial charge in [0.25, 0.3) is 0 Å². The SMILES string of the molecule is CN1C[C@H](c2ccc(F)cc2)[C@@H](C(=O)c2cccs2)[C@]12C(=O)Nc1ccccc12. The number of hydrogen-bond donors (Lipinski definition) is 1. The zero-order valence-corrected chi connectivity index (χ0v) is 16.6. The number of rotatable bonds is 3. The third kappa shape index (κ3) is 2.52. The van der Waals surface area contributed by atoms with Crippen molar-refractivity contribution < 1.29 is 14.0 Å². The number of anilines is 1. The van der Waals surface area contributed by atoms with E-state index in [1.54, 1.807) is 18.2 Å². The van der Waals surface area contributed by atoms with Crippen molar-refractivity contribution in [3.05, 3.63) is 87.9 Å². The number of likely N-dealkylation sites (N-methyl/N-ethyl adjacent to an activating group) is 1. The fourth-order valence-corrected chi connectivity index (χ4v) is 5.68. The summed E-state index contributed by atoms with van der Waals surface area (Å²) in [6, 6.07) is 17.5. The Labute approximate surface area is 172 Å². The first-order valence-corrected chi connectivity index (χ1v) is 10.4. The highest BCUT2D eigenvalue weighted by atomic mass is 32.1. The molecule has 0 radical (unpaired) electrons. The smallest absolute Gasteiger partial charge is 0.250 e. The number of hydrogen-bond acceptors (Lipinski definition) is 4. The lowest BCUT2D eigenvalue weighted by Crippen LogP contribution is -2.51. The van der Waals surface area contributed by atoms with Gasteiger partial charge in [0.2, 0.25) is 5.91 Å². The van der Waals surface area contributed by atoms with Gasteiger partial charge in [-0.25, -0.2) is 4.39 Å². The second kappa shape index (κ2) is 6.61. The summed E-state index contributed by atoms with van der Waals surface area (Å²) in [4.78, 5) is 29.8. The zero-order chi connectivity index (χ0) is 20.2. The van der Waals surface area contributed by atoms with Crippen molar-refractivity contribution in [3.63, 3.8) is 0 Å². The van der Waals surface area contributed by atoms with Crippen molar-refractivity contribution in [2.24, 2.45) is 5.92 Å². The molecule has 0 saturated carbocycles. The highest BCUT2D eigenvalue weighted by Gasteiger charge is 2.64. The quantitative estimate of drug-likeness (QED) is 0.661. The Hall–Kier alpha value is -2.83. The van der Waals surface area contributed by atoms with Gasteiger partial charge < -0.3 is 5.32 Å². The van der Waals surface area contributed by atoms with E-state index in [0.717, 1.165) is 16.8 Å². The molecule has 3 heterocycles. The topological polar surface area (TPSA) is 49.4 Å². The van der Waals surface area contributed by atoms with E-state index < -0.39 is 11.5 Å². The highest BCUT2D eigenvalue weighted by molar-refractivity contribution is 7.12. The Morgan fingerprint density at radius 3 is 2.62 bits per heavy atom. The first kappa shape index (κ1) is 18.2. The van der Waals surface area contributed by atoms with E-state index in [2.05, 4.69) is 5.32 Å². The van der Waals surface area contributed by atoms with Gasteiger partial charge in [-0.15, -0.1) is 11.3 Å². The number of likely N-dealkylation sites (tertiary alicyclic amines) is 1. The maximum atomic E-state index is 13.8. The van der Waals surface area contributed by atoms with E-state index >= 15 is 0 Å². The Bertz CT molecular complexity index is 1100. The molecule has 4 nitrogen and oxygen atoms in total. The van der Waals surface area contributed by atoms with Crippen molar-refractivity contribution >= 4 is 28.7 Å². The molecular formula is C23H19FN2O2S. The summed E-state index contributed by atoms with van der Waals surface area (Å²) >= 11 is 1.38. The van der Waals surface area contributed by atoms with Crippen LogP contribution in [0.4, 0.5) is 10.1 Å². The van der Waals surface area contributed by atoms with E-state index in [4.69, 9.17) is 0 Å². The Balaban J connectivity index is 1.73. The van der Waals surface area contributed by atoms with Gasteiger partial charge in [-0.1, -0.05) is 36.4 Å². The number of thiophene rings is 1. The second-order valence-electron chi connectivity index (χ2n) is 7.62. The summed E-state index contributed by atoms with van der Waals surface area (Å²) < 4.78 is 13.5. The molecule has 0 aliphatic carbocycles. The number of amides is 1. The summed E-state index contributed by atoms with van der Waals surface area (Å²) in [5.74, 6) is -1.39. The third-order valence-electron chi connectivity index (χ3n) is 6.20. The molecule has 1 amide bonds. The van der Waals surface area contributed by atoms with Crippen LogP contribution in [0.5, 0.6) is 0 Å². The number of nitrogens with zero attached hydrogens (tertiary/aromatic N) is 1. The Morgan fingerprint density at radius 2 is 1.90 bits per heavy atom. The van der Waals surface area contributed by atoms with E-state index in [-0.39, 0.29) is 23.4 Å². The monoisotopic (exact) mass is 406 g/mol. The van der Waals surface area contributed by atoms with E-state index in [1.165, 1.54) is 23.5 Å². The predicted octanol–water partition coefficient (Wildman–Crippen LogP) is 4.26. The molecule has 2 aliphatic rings. The summed E-state index contributed by atoms with van der Waals surface area (Å²) in [7, 11) is 1.89. The fourth-order valence-electron chi connectivity index (χ4n) is 4.98. The van der Waals surface area contributed by atoms with Gasteiger partial charge in [-0.3, -0.25) is 14.5 Å². The number of fused-ring (bicyclic) bond motifs is 2. The fraction of sp³-hybridized carbons (Fsp3) is 0.217. The van der Waals surface area contributed by atoms with Crippen molar-refractivity contribution in [1.29, 1.82) is 0 Å². The molecular weight excluding hydrogens is 387 g/mol. The molecule has 146 valence electrons. The van der Waals surface area contributed by atoms with Gasteiger partial charge >= 0.3 is 0 Å². The summed E-state index contributed by atoms with van der Waals surface area (Å²) in [5, 5.41) is 4.85. The molecule has 5 rings (SSSR count). The van der Waals surface area contributed by atoms with Crippen LogP contribution in [0.3, 0.4) is 0 Å². The molecule has 1 fully saturated rings. The van der Waals surface area contributed by atoms with E-state index in [1.807, 2.05) is 47.7 Å². The minimum Gasteiger partial charge on any atom is -0.324 e. The van der Waals surface area contributed by atoms with Crippen LogP contribution in [0.15, 0.2) is 66.0 Å². The molecule has 2 aromatic carbocycles. The standard InChI is InChI=1S/C23H19FN2O2S/c1-26-13-16(14-8-10-15(24)11-9-14)20(21(27)19-7-4-12-29-19)23(26)17-5-2-3-6-18(17)25-22(23)28/h2-12,16,20H,13H2,1H3,(H,25,28)/t16-,20+,23-/m1/s1. The molecule has 29 heavy (non-hydrogen) atoms. The Kier molecular flexibility index (Phi) is 4.15. The molecule has 1 saturated heterocycles. The average molecular weight is 406 g/mol. The number of para-hydroxylation sites is 1. The number of benzene rings is 2. The number of carbonyl (C=O) groups excluding carboxylic acids is 2. The van der Waals surface area contributed by atoms with Crippen LogP contribution >= 0.6 is 11.3 Å². The first-order valence-electron chi connectivity index (χ1n) is 9.49. The minimum absolute atomic E-state index is 0.0504. The largest absolute Gasteiger partial charge is 0.324 e. The summed E-state index contributed by atoms with van der Waals surface area (Å²) in [6.07, 6.45) is 0. The number of carbonyl (C=O) groups is 2. The maximum Gasteiger partial charge on any atom is 0.250 e. The van der Waals surface area contributed by atoms with Gasteiger partial charge in [0.15, 0.2) is 5.78 Å². The lowest BCUT2D eigenvalue weighted by molar-refractivity contribution is -0.126. The van der Waals surface area contributed by atoms with Crippen LogP contribution in [0.25, 0.3) is 0 Å². The van der Waals surface area contributed by atoms with Gasteiger partial charge in [0.1, 0.15) is 11.4 Å². The van der Waals surface area contributed by atoms with Gasteiger partial charge in [-0.05, 0) is 42.3 Å². The van der Waals surface area contributed by atoms with Crippen molar-refractivity contribution in [3.8, 4) is 0 Å². The van der Waals surface area contributed by atoms with Crippen LogP contribution < -0.4 is 5.32 Å². The van der Waals surface area contributed by atoms with Crippen molar-refractivity contribution in [2.75, 3.05) is 18.9 Å². The summed E-state index contributed by atoms with van der Waals surface area (Å²) in [5.41, 5.74) is 1.35. The van der Waals surface area contributed by atoms with Gasteiger partial charge in [0, 0.05) is 23.7 Å². The first-order chi connectivity index (χ1) is 14.0. The normalized spacial score (nSPS) is 25.9. The molecule has 0 bridgehead atoms. The number of ketones is 1. The number of nitrogens with one attached hydrogen (secondary N) is 1. The van der Waals surface area contributed by atoms with Crippen LogP contribution in [-0.2, 0) is 10.3 Å². The van der Waals surface area contributed by atoms with Crippen molar-refractivity contribution in [2.45, 2.75) is 11.5 Å². The molecule has 0 unspecified atom stereocenters. The molecule has 3 atom stereocenters. The minimum atomic E-state index is -1.09. The predicted molar refractivity (Wildman–Crippen MR) is 111 cm³/mol. The molecule has 3 aromatic rings. The van der Waals surface area contributed by atoms with Crippen LogP contribution in [-0.4, -0.2) is 30.2 Å². The highest BCUT2D eigenvalue weighted by Crippen LogP contribution is 2.55. The molecule has 6 heteroatoms. The van der Waals surface area contributed by atoms with Gasteiger partial charge in [0.05, 0.1) is 10.8 Å². The second-order valence-corrected chi connectivity index (χ2v) is 8.57. The van der Waals surface area contributed by atoms with Crippen LogP contribution in [0.2, 0.25) is 0 Å². The third-order valence-corrected chi connectivity index (χ3v) is 7.09. The van der Waals surface area contributed by atoms with Crippen LogP contribution in [0, 0.1) is 11.7 Å². The zero-order valence-electron chi connectivity index (χ0n) is 15.8. The van der Waals surface area contributed by atoms with Crippen LogP contribution in [0.1, 0.15) is 26.7 Å². The summed E-state index contributed by atoms with van der Waals surface area (Å²) in [6.45, 7) is 0.523. The maximum absolute atomic E-state index is 13.8. The van der Waals surface area contributed by atoms with E-state index in [9.17, 15) is 14.0 Å². The molecule has 1 N–H and O–H groups in total. The lowest BCUT2D eigenvalue weighted by atomic mass is 9.71. The molecule has 2 aliphatic heterocycles. The lowest BCUT2D eigenvalue weighted by Gasteiger charge is -2.35. The molecule has 1 spiro atoms. The molecule has 1 aromatic heterocycles. The Morgan fingerprint density at radius 1 is 1.14 bits per heavy atom.